The lowest BCUT2D eigenvalue weighted by atomic mass is 10.0. The summed E-state index contributed by atoms with van der Waals surface area (Å²) >= 11 is 1.61. The first-order valence-corrected chi connectivity index (χ1v) is 12.3. The monoisotopic (exact) mass is 508 g/mol. The molecule has 0 bridgehead atoms. The van der Waals surface area contributed by atoms with Gasteiger partial charge < -0.3 is 14.4 Å². The molecule has 1 amide bonds. The van der Waals surface area contributed by atoms with Gasteiger partial charge in [0.25, 0.3) is 5.56 Å². The number of fused-ring (bicyclic) bond motifs is 3. The number of hydrogen-bond donors (Lipinski definition) is 0. The molecule has 3 aromatic heterocycles. The summed E-state index contributed by atoms with van der Waals surface area (Å²) in [5, 5.41) is 5.39. The molecule has 0 N–H and O–H groups in total. The maximum atomic E-state index is 13.0. The lowest BCUT2D eigenvalue weighted by Crippen LogP contribution is -2.39. The van der Waals surface area contributed by atoms with Crippen molar-refractivity contribution in [2.24, 2.45) is 0 Å². The van der Waals surface area contributed by atoms with Crippen LogP contribution in [0.1, 0.15) is 36.9 Å². The third-order valence-corrected chi connectivity index (χ3v) is 6.85. The molecule has 0 unspecified atom stereocenters. The minimum Gasteiger partial charge on any atom is -0.485 e. The van der Waals surface area contributed by atoms with E-state index in [0.29, 0.717) is 30.2 Å². The van der Waals surface area contributed by atoms with Crippen molar-refractivity contribution >= 4 is 27.5 Å². The Morgan fingerprint density at radius 2 is 2.00 bits per heavy atom. The van der Waals surface area contributed by atoms with Gasteiger partial charge in [0.2, 0.25) is 0 Å². The number of pyridine rings is 1. The predicted octanol–water partition coefficient (Wildman–Crippen LogP) is 4.85. The zero-order valence-electron chi connectivity index (χ0n) is 20.2. The average Bonchev–Trinajstić information content (AvgIpc) is 3.19. The van der Waals surface area contributed by atoms with E-state index in [2.05, 4.69) is 10.1 Å². The number of ether oxygens (including phenoxy) is 2. The summed E-state index contributed by atoms with van der Waals surface area (Å²) in [6.45, 7) is 6.78. The minimum absolute atomic E-state index is 0.0957. The van der Waals surface area contributed by atoms with Crippen LogP contribution in [-0.4, -0.2) is 37.9 Å². The van der Waals surface area contributed by atoms with Crippen molar-refractivity contribution in [3.05, 3.63) is 81.1 Å². The maximum Gasteiger partial charge on any atom is 0.410 e. The van der Waals surface area contributed by atoms with E-state index in [1.54, 1.807) is 16.2 Å². The molecule has 36 heavy (non-hydrogen) atoms. The number of aromatic nitrogens is 3. The van der Waals surface area contributed by atoms with E-state index in [-0.39, 0.29) is 18.3 Å². The van der Waals surface area contributed by atoms with Gasteiger partial charge in [-0.2, -0.15) is 9.78 Å². The first-order chi connectivity index (χ1) is 17.2. The second-order valence-corrected chi connectivity index (χ2v) is 10.7. The summed E-state index contributed by atoms with van der Waals surface area (Å²) in [5.41, 5.74) is 1.54. The molecule has 0 atom stereocenters. The van der Waals surface area contributed by atoms with E-state index in [1.807, 2.05) is 39.0 Å². The highest BCUT2D eigenvalue weighted by atomic mass is 32.1. The van der Waals surface area contributed by atoms with Crippen molar-refractivity contribution in [3.63, 3.8) is 0 Å². The van der Waals surface area contributed by atoms with Crippen molar-refractivity contribution in [1.29, 1.82) is 0 Å². The fourth-order valence-electron chi connectivity index (χ4n) is 4.02. The first-order valence-electron chi connectivity index (χ1n) is 11.5. The summed E-state index contributed by atoms with van der Waals surface area (Å²) < 4.78 is 26.5. The number of carbonyl (C=O) groups is 1. The van der Waals surface area contributed by atoms with Gasteiger partial charge in [-0.25, -0.2) is 9.18 Å². The Labute approximate surface area is 210 Å². The van der Waals surface area contributed by atoms with Crippen LogP contribution in [0, 0.1) is 5.82 Å². The predicted molar refractivity (Wildman–Crippen MR) is 134 cm³/mol. The Bertz CT molecular complexity index is 1490. The molecule has 0 fully saturated rings. The zero-order valence-corrected chi connectivity index (χ0v) is 21.0. The summed E-state index contributed by atoms with van der Waals surface area (Å²) in [7, 11) is 0. The Kier molecular flexibility index (Phi) is 6.21. The van der Waals surface area contributed by atoms with Crippen LogP contribution in [0.5, 0.6) is 5.75 Å². The van der Waals surface area contributed by atoms with Crippen LogP contribution >= 0.6 is 11.3 Å². The van der Waals surface area contributed by atoms with E-state index in [4.69, 9.17) is 9.47 Å². The van der Waals surface area contributed by atoms with Crippen LogP contribution in [0.4, 0.5) is 9.18 Å². The zero-order chi connectivity index (χ0) is 25.4. The van der Waals surface area contributed by atoms with E-state index in [0.717, 1.165) is 27.6 Å². The number of thiophene rings is 1. The van der Waals surface area contributed by atoms with E-state index in [9.17, 15) is 14.0 Å². The molecule has 8 nitrogen and oxygen atoms in total. The van der Waals surface area contributed by atoms with Gasteiger partial charge >= 0.3 is 6.09 Å². The molecule has 1 aromatic carbocycles. The Hall–Kier alpha value is -3.79. The van der Waals surface area contributed by atoms with Gasteiger partial charge in [0.15, 0.2) is 0 Å². The fraction of sp³-hybridized carbons (Fsp3) is 0.308. The van der Waals surface area contributed by atoms with Crippen LogP contribution in [0.2, 0.25) is 0 Å². The Morgan fingerprint density at radius 1 is 1.17 bits per heavy atom. The first kappa shape index (κ1) is 23.9. The molecule has 10 heteroatoms. The molecular weight excluding hydrogens is 483 g/mol. The van der Waals surface area contributed by atoms with Gasteiger partial charge in [0.1, 0.15) is 23.8 Å². The smallest absolute Gasteiger partial charge is 0.410 e. The summed E-state index contributed by atoms with van der Waals surface area (Å²) in [6, 6.07) is 9.99. The third kappa shape index (κ3) is 5.08. The largest absolute Gasteiger partial charge is 0.485 e. The number of halogens is 1. The lowest BCUT2D eigenvalue weighted by Gasteiger charge is -2.30. The molecule has 186 valence electrons. The lowest BCUT2D eigenvalue weighted by molar-refractivity contribution is 0.0227. The molecule has 4 heterocycles. The molecule has 0 aliphatic carbocycles. The highest BCUT2D eigenvalue weighted by Crippen LogP contribution is 2.36. The van der Waals surface area contributed by atoms with Crippen molar-refractivity contribution < 1.29 is 18.7 Å². The van der Waals surface area contributed by atoms with Gasteiger partial charge in [-0.3, -0.25) is 9.78 Å². The molecular formula is C26H25FN4O4S. The van der Waals surface area contributed by atoms with Crippen LogP contribution < -0.4 is 10.3 Å². The van der Waals surface area contributed by atoms with Gasteiger partial charge in [-0.05, 0) is 62.4 Å². The fourth-order valence-corrected chi connectivity index (χ4v) is 5.32. The second-order valence-electron chi connectivity index (χ2n) is 9.53. The number of amides is 1. The number of benzene rings is 1. The van der Waals surface area contributed by atoms with Crippen LogP contribution in [-0.2, 0) is 24.3 Å². The average molecular weight is 509 g/mol. The number of carbonyl (C=O) groups excluding carboxylic acids is 1. The van der Waals surface area contributed by atoms with E-state index in [1.165, 1.54) is 34.6 Å². The number of nitrogens with zero attached hydrogens (tertiary/aromatic N) is 4. The van der Waals surface area contributed by atoms with Gasteiger partial charge in [-0.15, -0.1) is 11.3 Å². The topological polar surface area (TPSA) is 86.6 Å². The standard InChI is InChI=1S/C26H25FN4O4S/c1-26(2,3)35-25(33)30-9-8-21-20-7-6-18(10-22(20)36-23(21)14-30)31-24(32)11-19(13-29-31)34-15-17-5-4-16(27)12-28-17/h4-7,10-13H,8-9,14-15H2,1-3H3. The number of hydrogen-bond acceptors (Lipinski definition) is 7. The highest BCUT2D eigenvalue weighted by molar-refractivity contribution is 7.19. The minimum atomic E-state index is -0.537. The van der Waals surface area contributed by atoms with Crippen molar-refractivity contribution in [2.45, 2.75) is 45.9 Å². The summed E-state index contributed by atoms with van der Waals surface area (Å²) in [4.78, 5) is 32.1. The van der Waals surface area contributed by atoms with E-state index < -0.39 is 11.4 Å². The van der Waals surface area contributed by atoms with Crippen molar-refractivity contribution in [2.75, 3.05) is 6.54 Å². The molecule has 5 rings (SSSR count). The molecule has 1 aliphatic rings. The number of rotatable bonds is 4. The molecule has 0 radical (unpaired) electrons. The van der Waals surface area contributed by atoms with Gasteiger partial charge in [-0.1, -0.05) is 6.07 Å². The van der Waals surface area contributed by atoms with Gasteiger partial charge in [0.05, 0.1) is 30.3 Å². The second kappa shape index (κ2) is 9.34. The molecule has 0 saturated heterocycles. The normalized spacial score (nSPS) is 13.5. The van der Waals surface area contributed by atoms with Crippen LogP contribution in [0.15, 0.2) is 53.6 Å². The highest BCUT2D eigenvalue weighted by Gasteiger charge is 2.28. The SMILES string of the molecule is CC(C)(C)OC(=O)N1CCc2c(sc3cc(-n4ncc(OCc5ccc(F)cn5)cc4=O)ccc23)C1. The molecule has 4 aromatic rings. The molecule has 1 aliphatic heterocycles. The Balaban J connectivity index is 1.34. The maximum absolute atomic E-state index is 13.0. The van der Waals surface area contributed by atoms with Crippen LogP contribution in [0.25, 0.3) is 15.8 Å². The molecule has 0 saturated carbocycles. The van der Waals surface area contributed by atoms with Gasteiger partial charge in [0, 0.05) is 22.2 Å². The van der Waals surface area contributed by atoms with Crippen LogP contribution in [0.3, 0.4) is 0 Å². The Morgan fingerprint density at radius 3 is 2.72 bits per heavy atom. The summed E-state index contributed by atoms with van der Waals surface area (Å²) in [5.74, 6) is -0.121. The van der Waals surface area contributed by atoms with Crippen molar-refractivity contribution in [1.82, 2.24) is 19.7 Å². The van der Waals surface area contributed by atoms with Crippen molar-refractivity contribution in [3.8, 4) is 11.4 Å². The quantitative estimate of drug-likeness (QED) is 0.392. The van der Waals surface area contributed by atoms with E-state index >= 15 is 0 Å². The summed E-state index contributed by atoms with van der Waals surface area (Å²) in [6.07, 6.45) is 3.02. The third-order valence-electron chi connectivity index (χ3n) is 5.67. The molecule has 0 spiro atoms.